The molecule has 6 aromatic rings. The zero-order valence-corrected chi connectivity index (χ0v) is 21.3. The number of hydrogen-bond donors (Lipinski definition) is 2. The van der Waals surface area contributed by atoms with Crippen molar-refractivity contribution in [1.82, 2.24) is 30.0 Å². The van der Waals surface area contributed by atoms with E-state index in [9.17, 15) is 4.39 Å². The van der Waals surface area contributed by atoms with Crippen molar-refractivity contribution in [3.63, 3.8) is 0 Å². The SMILES string of the molecule is Fc1ccc(-c2cccc3[nH]c(-c4[nH]nc5ncc(-c6cncc(OCCN7CCCC7)c6)cc45)cc23)cc1. The van der Waals surface area contributed by atoms with Crippen molar-refractivity contribution in [3.8, 4) is 39.4 Å². The van der Waals surface area contributed by atoms with Crippen LogP contribution in [0.2, 0.25) is 0 Å². The second-order valence-electron chi connectivity index (χ2n) is 9.96. The summed E-state index contributed by atoms with van der Waals surface area (Å²) in [6, 6.07) is 18.9. The van der Waals surface area contributed by atoms with Crippen LogP contribution in [0.5, 0.6) is 5.75 Å². The van der Waals surface area contributed by atoms with E-state index >= 15 is 0 Å². The predicted molar refractivity (Wildman–Crippen MR) is 151 cm³/mol. The van der Waals surface area contributed by atoms with Gasteiger partial charge in [0.15, 0.2) is 5.65 Å². The van der Waals surface area contributed by atoms with E-state index < -0.39 is 0 Å². The molecule has 194 valence electrons. The molecular formula is C31H27FN6O. The molecule has 7 rings (SSSR count). The van der Waals surface area contributed by atoms with Crippen LogP contribution in [-0.4, -0.2) is 56.3 Å². The Morgan fingerprint density at radius 3 is 2.59 bits per heavy atom. The quantitative estimate of drug-likeness (QED) is 0.254. The van der Waals surface area contributed by atoms with Gasteiger partial charge in [0.1, 0.15) is 18.2 Å². The van der Waals surface area contributed by atoms with Crippen LogP contribution in [0.25, 0.3) is 55.6 Å². The highest BCUT2D eigenvalue weighted by Crippen LogP contribution is 2.35. The number of likely N-dealkylation sites (tertiary alicyclic amines) is 1. The average molecular weight is 519 g/mol. The average Bonchev–Trinajstić information content (AvgIpc) is 3.73. The van der Waals surface area contributed by atoms with Crippen molar-refractivity contribution in [1.29, 1.82) is 0 Å². The number of halogens is 1. The number of hydrogen-bond acceptors (Lipinski definition) is 5. The molecule has 0 saturated carbocycles. The van der Waals surface area contributed by atoms with Crippen molar-refractivity contribution in [3.05, 3.63) is 85.1 Å². The van der Waals surface area contributed by atoms with Gasteiger partial charge in [0.05, 0.1) is 17.6 Å². The lowest BCUT2D eigenvalue weighted by Crippen LogP contribution is -2.25. The van der Waals surface area contributed by atoms with E-state index in [4.69, 9.17) is 4.74 Å². The molecule has 2 N–H and O–H groups in total. The first-order valence-electron chi connectivity index (χ1n) is 13.2. The van der Waals surface area contributed by atoms with Crippen LogP contribution in [0.4, 0.5) is 4.39 Å². The van der Waals surface area contributed by atoms with Crippen LogP contribution in [0.15, 0.2) is 79.3 Å². The maximum absolute atomic E-state index is 13.5. The van der Waals surface area contributed by atoms with E-state index in [-0.39, 0.29) is 5.82 Å². The van der Waals surface area contributed by atoms with Crippen molar-refractivity contribution in [2.24, 2.45) is 0 Å². The van der Waals surface area contributed by atoms with Crippen molar-refractivity contribution in [2.45, 2.75) is 12.8 Å². The van der Waals surface area contributed by atoms with Gasteiger partial charge in [-0.2, -0.15) is 5.10 Å². The summed E-state index contributed by atoms with van der Waals surface area (Å²) >= 11 is 0. The first kappa shape index (κ1) is 23.5. The first-order chi connectivity index (χ1) is 19.2. The fourth-order valence-electron chi connectivity index (χ4n) is 5.39. The number of fused-ring (bicyclic) bond motifs is 2. The highest BCUT2D eigenvalue weighted by atomic mass is 19.1. The normalized spacial score (nSPS) is 14.0. The van der Waals surface area contributed by atoms with Crippen molar-refractivity contribution >= 4 is 21.9 Å². The Labute approximate surface area is 224 Å². The molecule has 0 radical (unpaired) electrons. The number of aromatic nitrogens is 5. The van der Waals surface area contributed by atoms with Gasteiger partial charge in [-0.3, -0.25) is 15.0 Å². The highest BCUT2D eigenvalue weighted by Gasteiger charge is 2.15. The molecule has 4 aromatic heterocycles. The van der Waals surface area contributed by atoms with E-state index in [2.05, 4.69) is 42.2 Å². The summed E-state index contributed by atoms with van der Waals surface area (Å²) in [5, 5.41) is 9.56. The van der Waals surface area contributed by atoms with Crippen LogP contribution in [-0.2, 0) is 0 Å². The van der Waals surface area contributed by atoms with Crippen molar-refractivity contribution < 1.29 is 9.13 Å². The molecular weight excluding hydrogens is 491 g/mol. The van der Waals surface area contributed by atoms with Crippen LogP contribution < -0.4 is 4.74 Å². The molecule has 0 spiro atoms. The van der Waals surface area contributed by atoms with Gasteiger partial charge in [0.2, 0.25) is 0 Å². The lowest BCUT2D eigenvalue weighted by Gasteiger charge is -2.15. The maximum atomic E-state index is 13.5. The molecule has 1 aliphatic rings. The number of rotatable bonds is 7. The highest BCUT2D eigenvalue weighted by molar-refractivity contribution is 6.01. The summed E-state index contributed by atoms with van der Waals surface area (Å²) in [7, 11) is 0. The Bertz CT molecular complexity index is 1770. The van der Waals surface area contributed by atoms with Gasteiger partial charge >= 0.3 is 0 Å². The minimum Gasteiger partial charge on any atom is -0.491 e. The minimum atomic E-state index is -0.248. The van der Waals surface area contributed by atoms with Crippen LogP contribution in [0.1, 0.15) is 12.8 Å². The smallest absolute Gasteiger partial charge is 0.181 e. The molecule has 8 heteroatoms. The third-order valence-electron chi connectivity index (χ3n) is 7.42. The standard InChI is InChI=1S/C31H27FN6O/c32-23-8-6-20(7-9-23)25-4-3-5-28-26(25)16-29(35-28)30-27-15-22(18-34-31(27)37-36-30)21-14-24(19-33-17-21)39-13-12-38-10-1-2-11-38/h3-9,14-19,35H,1-2,10-13H2,(H,34,36,37). The summed E-state index contributed by atoms with van der Waals surface area (Å²) in [6.45, 7) is 3.90. The Morgan fingerprint density at radius 2 is 1.72 bits per heavy atom. The predicted octanol–water partition coefficient (Wildman–Crippen LogP) is 6.45. The lowest BCUT2D eigenvalue weighted by atomic mass is 10.0. The summed E-state index contributed by atoms with van der Waals surface area (Å²) in [6.07, 6.45) is 7.95. The second-order valence-corrected chi connectivity index (χ2v) is 9.96. The Morgan fingerprint density at radius 1 is 0.872 bits per heavy atom. The monoisotopic (exact) mass is 518 g/mol. The van der Waals surface area contributed by atoms with Gasteiger partial charge in [0.25, 0.3) is 0 Å². The molecule has 0 atom stereocenters. The number of nitrogens with one attached hydrogen (secondary N) is 2. The van der Waals surface area contributed by atoms with Gasteiger partial charge in [-0.05, 0) is 73.5 Å². The Balaban J connectivity index is 1.20. The van der Waals surface area contributed by atoms with E-state index in [1.807, 2.05) is 36.7 Å². The number of pyridine rings is 2. The Kier molecular flexibility index (Phi) is 6.01. The zero-order chi connectivity index (χ0) is 26.2. The molecule has 0 aliphatic carbocycles. The van der Waals surface area contributed by atoms with Crippen molar-refractivity contribution in [2.75, 3.05) is 26.2 Å². The second kappa shape index (κ2) is 9.96. The molecule has 0 unspecified atom stereocenters. The molecule has 0 bridgehead atoms. The lowest BCUT2D eigenvalue weighted by molar-refractivity contribution is 0.237. The number of ether oxygens (including phenoxy) is 1. The van der Waals surface area contributed by atoms with E-state index in [0.717, 1.165) is 75.3 Å². The first-order valence-corrected chi connectivity index (χ1v) is 13.2. The summed E-state index contributed by atoms with van der Waals surface area (Å²) in [5.41, 5.74) is 7.24. The van der Waals surface area contributed by atoms with E-state index in [0.29, 0.717) is 12.3 Å². The molecule has 0 amide bonds. The third-order valence-corrected chi connectivity index (χ3v) is 7.42. The Hall–Kier alpha value is -4.56. The van der Waals surface area contributed by atoms with E-state index in [1.54, 1.807) is 18.3 Å². The van der Waals surface area contributed by atoms with Crippen LogP contribution in [0.3, 0.4) is 0 Å². The topological polar surface area (TPSA) is 82.7 Å². The molecule has 1 aliphatic heterocycles. The zero-order valence-electron chi connectivity index (χ0n) is 21.3. The number of nitrogens with zero attached hydrogens (tertiary/aromatic N) is 4. The summed E-state index contributed by atoms with van der Waals surface area (Å²) < 4.78 is 19.5. The molecule has 1 saturated heterocycles. The number of H-pyrrole nitrogens is 2. The number of benzene rings is 2. The van der Waals surface area contributed by atoms with Gasteiger partial charge in [-0.25, -0.2) is 9.37 Å². The van der Waals surface area contributed by atoms with Gasteiger partial charge < -0.3 is 9.72 Å². The van der Waals surface area contributed by atoms with Gasteiger partial charge in [0, 0.05) is 46.4 Å². The molecule has 39 heavy (non-hydrogen) atoms. The third kappa shape index (κ3) is 4.64. The summed E-state index contributed by atoms with van der Waals surface area (Å²) in [4.78, 5) is 15.0. The van der Waals surface area contributed by atoms with Gasteiger partial charge in [-0.15, -0.1) is 0 Å². The summed E-state index contributed by atoms with van der Waals surface area (Å²) in [5.74, 6) is 0.505. The molecule has 7 nitrogen and oxygen atoms in total. The maximum Gasteiger partial charge on any atom is 0.181 e. The molecule has 2 aromatic carbocycles. The fraction of sp³-hybridized carbons (Fsp3) is 0.194. The van der Waals surface area contributed by atoms with Gasteiger partial charge in [-0.1, -0.05) is 24.3 Å². The minimum absolute atomic E-state index is 0.248. The van der Waals surface area contributed by atoms with Crippen LogP contribution >= 0.6 is 0 Å². The van der Waals surface area contributed by atoms with Crippen LogP contribution in [0, 0.1) is 5.82 Å². The number of aromatic amines is 2. The fourth-order valence-corrected chi connectivity index (χ4v) is 5.39. The molecule has 1 fully saturated rings. The molecule has 5 heterocycles. The largest absolute Gasteiger partial charge is 0.491 e. The van der Waals surface area contributed by atoms with E-state index in [1.165, 1.54) is 25.0 Å².